The van der Waals surface area contributed by atoms with Crippen molar-refractivity contribution in [3.63, 3.8) is 0 Å². The molecule has 1 rings (SSSR count). The van der Waals surface area contributed by atoms with Crippen molar-refractivity contribution < 1.29 is 19.1 Å². The molecule has 0 bridgehead atoms. The van der Waals surface area contributed by atoms with E-state index in [1.165, 1.54) is 12.1 Å². The standard InChI is InChI=1S/C13H15ClFNO3/c1-13(2,12(18)19)5-6-16-11(17)9-4-3-8(14)7-10(9)15/h3-4,7H,5-6H2,1-2H3,(H,16,17)(H,18,19). The molecule has 0 saturated heterocycles. The molecule has 0 aliphatic rings. The van der Waals surface area contributed by atoms with Crippen molar-refractivity contribution in [1.82, 2.24) is 5.32 Å². The average Bonchev–Trinajstić information content (AvgIpc) is 2.28. The minimum Gasteiger partial charge on any atom is -0.481 e. The number of hydrogen-bond acceptors (Lipinski definition) is 2. The van der Waals surface area contributed by atoms with Crippen molar-refractivity contribution in [2.75, 3.05) is 6.54 Å². The van der Waals surface area contributed by atoms with E-state index >= 15 is 0 Å². The molecule has 104 valence electrons. The molecule has 0 saturated carbocycles. The van der Waals surface area contributed by atoms with Crippen LogP contribution in [0.4, 0.5) is 4.39 Å². The summed E-state index contributed by atoms with van der Waals surface area (Å²) >= 11 is 5.58. The summed E-state index contributed by atoms with van der Waals surface area (Å²) in [6.45, 7) is 3.27. The summed E-state index contributed by atoms with van der Waals surface area (Å²) in [4.78, 5) is 22.6. The van der Waals surface area contributed by atoms with Gasteiger partial charge in [0.15, 0.2) is 0 Å². The highest BCUT2D eigenvalue weighted by Crippen LogP contribution is 2.19. The van der Waals surface area contributed by atoms with Crippen LogP contribution < -0.4 is 5.32 Å². The summed E-state index contributed by atoms with van der Waals surface area (Å²) in [6, 6.07) is 3.76. The quantitative estimate of drug-likeness (QED) is 0.875. The predicted molar refractivity (Wildman–Crippen MR) is 69.8 cm³/mol. The molecule has 0 heterocycles. The zero-order valence-electron chi connectivity index (χ0n) is 10.7. The number of carboxylic acids is 1. The van der Waals surface area contributed by atoms with Crippen molar-refractivity contribution >= 4 is 23.5 Å². The molecule has 1 amide bonds. The van der Waals surface area contributed by atoms with Crippen LogP contribution >= 0.6 is 11.6 Å². The fourth-order valence-corrected chi connectivity index (χ4v) is 1.52. The van der Waals surface area contributed by atoms with E-state index in [-0.39, 0.29) is 23.6 Å². The van der Waals surface area contributed by atoms with Crippen LogP contribution in [0.1, 0.15) is 30.6 Å². The van der Waals surface area contributed by atoms with Crippen LogP contribution in [0.15, 0.2) is 18.2 Å². The van der Waals surface area contributed by atoms with Crippen LogP contribution in [0, 0.1) is 11.2 Å². The molecule has 0 aromatic heterocycles. The Hall–Kier alpha value is -1.62. The van der Waals surface area contributed by atoms with E-state index in [0.717, 1.165) is 6.07 Å². The maximum absolute atomic E-state index is 13.5. The van der Waals surface area contributed by atoms with Crippen molar-refractivity contribution in [3.8, 4) is 0 Å². The van der Waals surface area contributed by atoms with Crippen LogP contribution in [0.3, 0.4) is 0 Å². The largest absolute Gasteiger partial charge is 0.481 e. The van der Waals surface area contributed by atoms with Crippen LogP contribution in [0.5, 0.6) is 0 Å². The average molecular weight is 288 g/mol. The van der Waals surface area contributed by atoms with Gasteiger partial charge in [0.25, 0.3) is 5.91 Å². The number of carbonyl (C=O) groups is 2. The lowest BCUT2D eigenvalue weighted by atomic mass is 9.90. The summed E-state index contributed by atoms with van der Waals surface area (Å²) in [5.41, 5.74) is -1.05. The van der Waals surface area contributed by atoms with Crippen LogP contribution in [-0.4, -0.2) is 23.5 Å². The Morgan fingerprint density at radius 1 is 1.42 bits per heavy atom. The highest BCUT2D eigenvalue weighted by Gasteiger charge is 2.26. The Labute approximate surface area is 115 Å². The number of aliphatic carboxylic acids is 1. The lowest BCUT2D eigenvalue weighted by Gasteiger charge is -2.18. The summed E-state index contributed by atoms with van der Waals surface area (Å²) < 4.78 is 13.5. The fourth-order valence-electron chi connectivity index (χ4n) is 1.36. The van der Waals surface area contributed by atoms with Gasteiger partial charge in [-0.3, -0.25) is 9.59 Å². The number of benzene rings is 1. The third-order valence-electron chi connectivity index (χ3n) is 2.79. The number of carbonyl (C=O) groups excluding carboxylic acids is 1. The minimum atomic E-state index is -0.945. The minimum absolute atomic E-state index is 0.113. The second-order valence-electron chi connectivity index (χ2n) is 4.82. The van der Waals surface area contributed by atoms with Crippen LogP contribution in [0.25, 0.3) is 0 Å². The van der Waals surface area contributed by atoms with E-state index in [4.69, 9.17) is 16.7 Å². The number of amides is 1. The topological polar surface area (TPSA) is 66.4 Å². The molecule has 0 spiro atoms. The lowest BCUT2D eigenvalue weighted by molar-refractivity contribution is -0.147. The highest BCUT2D eigenvalue weighted by atomic mass is 35.5. The monoisotopic (exact) mass is 287 g/mol. The zero-order chi connectivity index (χ0) is 14.6. The van der Waals surface area contributed by atoms with Gasteiger partial charge in [-0.15, -0.1) is 0 Å². The molecule has 1 aromatic carbocycles. The summed E-state index contributed by atoms with van der Waals surface area (Å²) in [6.07, 6.45) is 0.253. The Balaban J connectivity index is 2.59. The SMILES string of the molecule is CC(C)(CCNC(=O)c1ccc(Cl)cc1F)C(=O)O. The smallest absolute Gasteiger partial charge is 0.309 e. The molecule has 0 fully saturated rings. The molecule has 0 aliphatic carbocycles. The van der Waals surface area contributed by atoms with E-state index in [2.05, 4.69) is 5.32 Å². The van der Waals surface area contributed by atoms with Gasteiger partial charge in [0.2, 0.25) is 0 Å². The van der Waals surface area contributed by atoms with Crippen molar-refractivity contribution in [2.24, 2.45) is 5.41 Å². The molecular formula is C13H15ClFNO3. The summed E-state index contributed by atoms with van der Waals surface area (Å²) in [5.74, 6) is -2.24. The second kappa shape index (κ2) is 6.02. The molecule has 0 unspecified atom stereocenters. The normalized spacial score (nSPS) is 11.2. The number of carboxylic acid groups (broad SMARTS) is 1. The predicted octanol–water partition coefficient (Wildman–Crippen LogP) is 2.71. The highest BCUT2D eigenvalue weighted by molar-refractivity contribution is 6.30. The van der Waals surface area contributed by atoms with Crippen molar-refractivity contribution in [3.05, 3.63) is 34.6 Å². The fraction of sp³-hybridized carbons (Fsp3) is 0.385. The zero-order valence-corrected chi connectivity index (χ0v) is 11.4. The number of hydrogen-bond donors (Lipinski definition) is 2. The van der Waals surface area contributed by atoms with Gasteiger partial charge in [-0.1, -0.05) is 11.6 Å². The Kier molecular flexibility index (Phi) is 4.89. The first-order valence-corrected chi connectivity index (χ1v) is 6.08. The molecule has 0 aliphatic heterocycles. The number of halogens is 2. The van der Waals surface area contributed by atoms with E-state index in [1.54, 1.807) is 13.8 Å². The third kappa shape index (κ3) is 4.21. The first kappa shape index (κ1) is 15.4. The van der Waals surface area contributed by atoms with E-state index in [0.29, 0.717) is 0 Å². The van der Waals surface area contributed by atoms with Gasteiger partial charge in [-0.25, -0.2) is 4.39 Å². The third-order valence-corrected chi connectivity index (χ3v) is 3.03. The Morgan fingerprint density at radius 3 is 2.58 bits per heavy atom. The molecule has 0 radical (unpaired) electrons. The molecule has 1 aromatic rings. The van der Waals surface area contributed by atoms with Gasteiger partial charge < -0.3 is 10.4 Å². The van der Waals surface area contributed by atoms with Gasteiger partial charge >= 0.3 is 5.97 Å². The first-order valence-electron chi connectivity index (χ1n) is 5.70. The molecular weight excluding hydrogens is 273 g/mol. The molecule has 0 atom stereocenters. The Morgan fingerprint density at radius 2 is 2.05 bits per heavy atom. The van der Waals surface area contributed by atoms with E-state index in [9.17, 15) is 14.0 Å². The van der Waals surface area contributed by atoms with Gasteiger partial charge in [0, 0.05) is 11.6 Å². The second-order valence-corrected chi connectivity index (χ2v) is 5.26. The van der Waals surface area contributed by atoms with Gasteiger partial charge in [-0.05, 0) is 38.5 Å². The maximum Gasteiger partial charge on any atom is 0.309 e. The molecule has 6 heteroatoms. The van der Waals surface area contributed by atoms with Crippen LogP contribution in [0.2, 0.25) is 5.02 Å². The summed E-state index contributed by atoms with van der Waals surface area (Å²) in [5, 5.41) is 11.6. The number of rotatable bonds is 5. The van der Waals surface area contributed by atoms with Gasteiger partial charge in [-0.2, -0.15) is 0 Å². The first-order chi connectivity index (χ1) is 8.74. The molecule has 4 nitrogen and oxygen atoms in total. The molecule has 19 heavy (non-hydrogen) atoms. The van der Waals surface area contributed by atoms with Crippen molar-refractivity contribution in [1.29, 1.82) is 0 Å². The number of nitrogens with one attached hydrogen (secondary N) is 1. The van der Waals surface area contributed by atoms with E-state index in [1.807, 2.05) is 0 Å². The van der Waals surface area contributed by atoms with Crippen molar-refractivity contribution in [2.45, 2.75) is 20.3 Å². The van der Waals surface area contributed by atoms with Crippen LogP contribution in [-0.2, 0) is 4.79 Å². The maximum atomic E-state index is 13.5. The lowest BCUT2D eigenvalue weighted by Crippen LogP contribution is -2.32. The Bertz CT molecular complexity index is 503. The molecule has 2 N–H and O–H groups in total. The summed E-state index contributed by atoms with van der Waals surface area (Å²) in [7, 11) is 0. The van der Waals surface area contributed by atoms with Gasteiger partial charge in [0.1, 0.15) is 5.82 Å². The van der Waals surface area contributed by atoms with Gasteiger partial charge in [0.05, 0.1) is 11.0 Å². The van der Waals surface area contributed by atoms with E-state index < -0.39 is 23.1 Å².